The molecular formula is C27H31N5O3. The molecule has 2 fully saturated rings. The number of ketones is 1. The summed E-state index contributed by atoms with van der Waals surface area (Å²) < 4.78 is 6.01. The minimum atomic E-state index is -0.00388. The van der Waals surface area contributed by atoms with Gasteiger partial charge >= 0.3 is 0 Å². The summed E-state index contributed by atoms with van der Waals surface area (Å²) in [6.07, 6.45) is 1.14. The van der Waals surface area contributed by atoms with Crippen LogP contribution in [0.5, 0.6) is 0 Å². The second kappa shape index (κ2) is 9.52. The quantitative estimate of drug-likeness (QED) is 0.318. The Bertz CT molecular complexity index is 1290. The molecule has 35 heavy (non-hydrogen) atoms. The lowest BCUT2D eigenvalue weighted by atomic mass is 10.1. The maximum absolute atomic E-state index is 13.2. The average molecular weight is 474 g/mol. The number of oxazole rings is 1. The highest BCUT2D eigenvalue weighted by atomic mass is 16.4. The van der Waals surface area contributed by atoms with Crippen molar-refractivity contribution in [1.29, 1.82) is 0 Å². The number of amidine groups is 1. The number of aliphatic imine (C=N–C) groups is 1. The van der Waals surface area contributed by atoms with Crippen molar-refractivity contribution in [3.63, 3.8) is 0 Å². The van der Waals surface area contributed by atoms with Crippen LogP contribution in [0, 0.1) is 5.92 Å². The van der Waals surface area contributed by atoms with E-state index in [1.54, 1.807) is 13.0 Å². The Balaban J connectivity index is 1.25. The molecule has 8 heteroatoms. The van der Waals surface area contributed by atoms with Gasteiger partial charge < -0.3 is 19.1 Å². The van der Waals surface area contributed by atoms with Crippen LogP contribution in [-0.2, 0) is 0 Å². The largest absolute Gasteiger partial charge is 0.423 e. The molecule has 0 bridgehead atoms. The number of fused-ring (bicyclic) bond motifs is 1. The van der Waals surface area contributed by atoms with Gasteiger partial charge in [0.25, 0.3) is 11.9 Å². The maximum Gasteiger partial charge on any atom is 0.298 e. The molecule has 1 atom stereocenters. The fourth-order valence-electron chi connectivity index (χ4n) is 4.82. The third kappa shape index (κ3) is 4.78. The number of amides is 1. The highest BCUT2D eigenvalue weighted by molar-refractivity contribution is 6.00. The number of carbonyl (C=O) groups is 2. The van der Waals surface area contributed by atoms with E-state index in [2.05, 4.69) is 21.7 Å². The number of aromatic nitrogens is 1. The van der Waals surface area contributed by atoms with Crippen molar-refractivity contribution < 1.29 is 14.0 Å². The van der Waals surface area contributed by atoms with Crippen LogP contribution in [0.2, 0.25) is 0 Å². The zero-order valence-electron chi connectivity index (χ0n) is 20.5. The Labute approximate surface area is 205 Å². The predicted octanol–water partition coefficient (Wildman–Crippen LogP) is 4.38. The van der Waals surface area contributed by atoms with Crippen LogP contribution < -0.4 is 4.90 Å². The molecule has 2 aliphatic heterocycles. The molecule has 2 aliphatic rings. The molecule has 3 aromatic rings. The summed E-state index contributed by atoms with van der Waals surface area (Å²) in [6.45, 7) is 10.2. The summed E-state index contributed by atoms with van der Waals surface area (Å²) in [5.41, 5.74) is 3.34. The SMILES string of the molecule is CC(=O)c1ccccc1N=C(C)N1CCN(C(=O)c2ccc3nc(N4CCC(C)C4)oc3c2)CC1. The molecule has 0 saturated carbocycles. The highest BCUT2D eigenvalue weighted by Crippen LogP contribution is 2.28. The number of para-hydroxylation sites is 1. The Kier molecular flexibility index (Phi) is 6.28. The minimum Gasteiger partial charge on any atom is -0.423 e. The van der Waals surface area contributed by atoms with Crippen molar-refractivity contribution in [3.05, 3.63) is 53.6 Å². The molecular weight excluding hydrogens is 442 g/mol. The number of benzene rings is 2. The Morgan fingerprint density at radius 1 is 1.00 bits per heavy atom. The van der Waals surface area contributed by atoms with E-state index in [0.29, 0.717) is 60.5 Å². The first-order valence-corrected chi connectivity index (χ1v) is 12.2. The zero-order valence-corrected chi connectivity index (χ0v) is 20.5. The summed E-state index contributed by atoms with van der Waals surface area (Å²) in [4.78, 5) is 40.6. The Morgan fingerprint density at radius 2 is 1.74 bits per heavy atom. The smallest absolute Gasteiger partial charge is 0.298 e. The van der Waals surface area contributed by atoms with Gasteiger partial charge in [0.05, 0.1) is 5.69 Å². The van der Waals surface area contributed by atoms with E-state index in [4.69, 9.17) is 9.41 Å². The highest BCUT2D eigenvalue weighted by Gasteiger charge is 2.25. The van der Waals surface area contributed by atoms with Crippen LogP contribution in [0.4, 0.5) is 11.7 Å². The number of rotatable bonds is 4. The predicted molar refractivity (Wildman–Crippen MR) is 137 cm³/mol. The van der Waals surface area contributed by atoms with E-state index in [-0.39, 0.29) is 11.7 Å². The molecule has 182 valence electrons. The van der Waals surface area contributed by atoms with E-state index in [9.17, 15) is 9.59 Å². The van der Waals surface area contributed by atoms with Crippen molar-refractivity contribution >= 4 is 40.3 Å². The molecule has 1 aromatic heterocycles. The molecule has 2 aromatic carbocycles. The molecule has 0 radical (unpaired) electrons. The number of carbonyl (C=O) groups excluding carboxylic acids is 2. The molecule has 0 aliphatic carbocycles. The van der Waals surface area contributed by atoms with Gasteiger partial charge in [-0.25, -0.2) is 4.99 Å². The number of anilines is 1. The summed E-state index contributed by atoms with van der Waals surface area (Å²) in [6, 6.07) is 13.5. The summed E-state index contributed by atoms with van der Waals surface area (Å²) in [5.74, 6) is 1.48. The molecule has 1 unspecified atom stereocenters. The van der Waals surface area contributed by atoms with E-state index in [0.717, 1.165) is 30.9 Å². The zero-order chi connectivity index (χ0) is 24.5. The molecule has 0 N–H and O–H groups in total. The van der Waals surface area contributed by atoms with Gasteiger partial charge in [-0.1, -0.05) is 19.1 Å². The van der Waals surface area contributed by atoms with Gasteiger partial charge in [0.1, 0.15) is 11.4 Å². The second-order valence-electron chi connectivity index (χ2n) is 9.53. The molecule has 1 amide bonds. The lowest BCUT2D eigenvalue weighted by Crippen LogP contribution is -2.50. The monoisotopic (exact) mass is 473 g/mol. The summed E-state index contributed by atoms with van der Waals surface area (Å²) in [7, 11) is 0. The van der Waals surface area contributed by atoms with E-state index in [1.807, 2.05) is 48.2 Å². The van der Waals surface area contributed by atoms with Crippen LogP contribution in [-0.4, -0.2) is 71.6 Å². The van der Waals surface area contributed by atoms with Crippen LogP contribution in [0.25, 0.3) is 11.1 Å². The van der Waals surface area contributed by atoms with Gasteiger partial charge in [-0.3, -0.25) is 9.59 Å². The van der Waals surface area contributed by atoms with E-state index >= 15 is 0 Å². The minimum absolute atomic E-state index is 0.00148. The van der Waals surface area contributed by atoms with E-state index in [1.165, 1.54) is 0 Å². The van der Waals surface area contributed by atoms with Gasteiger partial charge in [0.15, 0.2) is 11.4 Å². The van der Waals surface area contributed by atoms with Crippen LogP contribution in [0.15, 0.2) is 51.9 Å². The number of Topliss-reactive ketones (excluding diaryl/α,β-unsaturated/α-hetero) is 1. The number of piperazine rings is 1. The van der Waals surface area contributed by atoms with Crippen molar-refractivity contribution in [2.24, 2.45) is 10.9 Å². The molecule has 0 spiro atoms. The van der Waals surface area contributed by atoms with Gasteiger partial charge in [-0.15, -0.1) is 0 Å². The van der Waals surface area contributed by atoms with Gasteiger partial charge in [-0.2, -0.15) is 4.98 Å². The standard InChI is InChI=1S/C27H31N5O3/c1-18-10-11-32(17-18)27-29-24-9-8-21(16-25(24)35-27)26(34)31-14-12-30(13-15-31)20(3)28-23-7-5-4-6-22(23)19(2)33/h4-9,16,18H,10-15,17H2,1-3H3. The van der Waals surface area contributed by atoms with Crippen molar-refractivity contribution in [2.75, 3.05) is 44.2 Å². The van der Waals surface area contributed by atoms with Gasteiger partial charge in [0.2, 0.25) is 0 Å². The first-order chi connectivity index (χ1) is 16.9. The Hall–Kier alpha value is -3.68. The topological polar surface area (TPSA) is 82.2 Å². The average Bonchev–Trinajstić information content (AvgIpc) is 3.49. The number of hydrogen-bond donors (Lipinski definition) is 0. The number of nitrogens with zero attached hydrogens (tertiary/aromatic N) is 5. The molecule has 5 rings (SSSR count). The van der Waals surface area contributed by atoms with Gasteiger partial charge in [-0.05, 0) is 56.5 Å². The van der Waals surface area contributed by atoms with Crippen LogP contribution >= 0.6 is 0 Å². The molecule has 8 nitrogen and oxygen atoms in total. The normalized spacial score (nSPS) is 19.0. The lowest BCUT2D eigenvalue weighted by molar-refractivity contribution is 0.0691. The van der Waals surface area contributed by atoms with E-state index < -0.39 is 0 Å². The van der Waals surface area contributed by atoms with Gasteiger partial charge in [0, 0.05) is 50.4 Å². The number of hydrogen-bond acceptors (Lipinski definition) is 6. The van der Waals surface area contributed by atoms with Crippen molar-refractivity contribution in [2.45, 2.75) is 27.2 Å². The fourth-order valence-corrected chi connectivity index (χ4v) is 4.82. The first kappa shape index (κ1) is 23.1. The van der Waals surface area contributed by atoms with Crippen LogP contribution in [0.3, 0.4) is 0 Å². The first-order valence-electron chi connectivity index (χ1n) is 12.2. The third-order valence-electron chi connectivity index (χ3n) is 6.91. The summed E-state index contributed by atoms with van der Waals surface area (Å²) >= 11 is 0. The van der Waals surface area contributed by atoms with Crippen LogP contribution in [0.1, 0.15) is 47.9 Å². The summed E-state index contributed by atoms with van der Waals surface area (Å²) in [5, 5.41) is 0. The van der Waals surface area contributed by atoms with Crippen molar-refractivity contribution in [1.82, 2.24) is 14.8 Å². The lowest BCUT2D eigenvalue weighted by Gasteiger charge is -2.35. The Morgan fingerprint density at radius 3 is 2.46 bits per heavy atom. The third-order valence-corrected chi connectivity index (χ3v) is 6.91. The molecule has 2 saturated heterocycles. The second-order valence-corrected chi connectivity index (χ2v) is 9.53. The van der Waals surface area contributed by atoms with Crippen molar-refractivity contribution in [3.8, 4) is 0 Å². The molecule has 3 heterocycles. The fraction of sp³-hybridized carbons (Fsp3) is 0.407. The maximum atomic E-state index is 13.2.